The van der Waals surface area contributed by atoms with Crippen molar-refractivity contribution in [2.24, 2.45) is 0 Å². The highest BCUT2D eigenvalue weighted by Gasteiger charge is 2.43. The lowest BCUT2D eigenvalue weighted by molar-refractivity contribution is -0.124. The molecule has 0 aromatic heterocycles. The molecule has 0 aliphatic carbocycles. The van der Waals surface area contributed by atoms with Gasteiger partial charge in [-0.2, -0.15) is 0 Å². The number of hydrogen-bond acceptors (Lipinski definition) is 5. The monoisotopic (exact) mass is 517 g/mol. The Bertz CT molecular complexity index is 1220. The molecule has 1 atom stereocenters. The Balaban J connectivity index is 1.49. The van der Waals surface area contributed by atoms with Crippen molar-refractivity contribution >= 4 is 40.5 Å². The number of amides is 2. The van der Waals surface area contributed by atoms with Crippen molar-refractivity contribution in [3.63, 3.8) is 0 Å². The van der Waals surface area contributed by atoms with E-state index in [-0.39, 0.29) is 18.2 Å². The molecule has 192 valence electrons. The maximum absolute atomic E-state index is 13.6. The van der Waals surface area contributed by atoms with E-state index >= 15 is 0 Å². The zero-order chi connectivity index (χ0) is 26.2. The van der Waals surface area contributed by atoms with Crippen molar-refractivity contribution in [3.05, 3.63) is 84.4 Å². The molecule has 1 aliphatic heterocycles. The van der Waals surface area contributed by atoms with E-state index in [0.29, 0.717) is 35.4 Å². The summed E-state index contributed by atoms with van der Waals surface area (Å²) < 4.78 is 10.7. The number of methoxy groups -OCH3 is 1. The summed E-state index contributed by atoms with van der Waals surface area (Å²) in [6.45, 7) is 3.05. The van der Waals surface area contributed by atoms with Gasteiger partial charge in [0.1, 0.15) is 17.5 Å². The molecule has 37 heavy (non-hydrogen) atoms. The molecule has 0 saturated carbocycles. The van der Waals surface area contributed by atoms with Crippen LogP contribution in [0.25, 0.3) is 0 Å². The number of hydrogen-bond donors (Lipinski definition) is 1. The van der Waals surface area contributed by atoms with E-state index in [4.69, 9.17) is 21.7 Å². The Morgan fingerprint density at radius 2 is 1.65 bits per heavy atom. The lowest BCUT2D eigenvalue weighted by Gasteiger charge is -2.24. The molecule has 4 rings (SSSR count). The number of carbonyl (C=O) groups excluding carboxylic acids is 2. The van der Waals surface area contributed by atoms with E-state index in [2.05, 4.69) is 17.4 Å². The summed E-state index contributed by atoms with van der Waals surface area (Å²) in [4.78, 5) is 30.0. The summed E-state index contributed by atoms with van der Waals surface area (Å²) in [6.07, 6.45) is 1.64. The molecular formula is C29H31N3O4S. The van der Waals surface area contributed by atoms with Crippen molar-refractivity contribution in [1.82, 2.24) is 4.90 Å². The molecular weight excluding hydrogens is 486 g/mol. The summed E-state index contributed by atoms with van der Waals surface area (Å²) >= 11 is 5.77. The second-order valence-electron chi connectivity index (χ2n) is 8.66. The summed E-state index contributed by atoms with van der Waals surface area (Å²) in [5, 5.41) is 3.30. The number of ether oxygens (including phenoxy) is 2. The zero-order valence-corrected chi connectivity index (χ0v) is 21.9. The van der Waals surface area contributed by atoms with Crippen LogP contribution in [0.1, 0.15) is 25.3 Å². The van der Waals surface area contributed by atoms with Gasteiger partial charge in [-0.1, -0.05) is 30.3 Å². The number of rotatable bonds is 11. The van der Waals surface area contributed by atoms with E-state index < -0.39 is 6.04 Å². The fourth-order valence-corrected chi connectivity index (χ4v) is 4.76. The van der Waals surface area contributed by atoms with Crippen LogP contribution in [0, 0.1) is 0 Å². The second-order valence-corrected chi connectivity index (χ2v) is 9.03. The minimum absolute atomic E-state index is 0.00975. The third-order valence-electron chi connectivity index (χ3n) is 6.18. The van der Waals surface area contributed by atoms with Crippen molar-refractivity contribution < 1.29 is 19.1 Å². The molecule has 0 spiro atoms. The van der Waals surface area contributed by atoms with Gasteiger partial charge in [-0.25, -0.2) is 0 Å². The first kappa shape index (κ1) is 26.2. The van der Waals surface area contributed by atoms with Crippen molar-refractivity contribution in [3.8, 4) is 11.5 Å². The zero-order valence-electron chi connectivity index (χ0n) is 21.1. The minimum atomic E-state index is -0.687. The Kier molecular flexibility index (Phi) is 8.74. The van der Waals surface area contributed by atoms with Gasteiger partial charge in [0, 0.05) is 12.2 Å². The highest BCUT2D eigenvalue weighted by Crippen LogP contribution is 2.29. The Morgan fingerprint density at radius 3 is 2.30 bits per heavy atom. The molecule has 3 aromatic rings. The lowest BCUT2D eigenvalue weighted by Crippen LogP contribution is -2.38. The van der Waals surface area contributed by atoms with Gasteiger partial charge < -0.3 is 19.7 Å². The quantitative estimate of drug-likeness (QED) is 0.359. The van der Waals surface area contributed by atoms with Gasteiger partial charge in [0.25, 0.3) is 5.91 Å². The highest BCUT2D eigenvalue weighted by molar-refractivity contribution is 7.80. The maximum atomic E-state index is 13.6. The van der Waals surface area contributed by atoms with Crippen LogP contribution in [0.15, 0.2) is 78.9 Å². The summed E-state index contributed by atoms with van der Waals surface area (Å²) in [5.74, 6) is 0.954. The van der Waals surface area contributed by atoms with Crippen LogP contribution in [-0.4, -0.2) is 48.1 Å². The second kappa shape index (κ2) is 12.4. The van der Waals surface area contributed by atoms with Crippen LogP contribution in [0.5, 0.6) is 11.5 Å². The van der Waals surface area contributed by atoms with Crippen LogP contribution in [-0.2, 0) is 16.0 Å². The van der Waals surface area contributed by atoms with Gasteiger partial charge in [-0.15, -0.1) is 0 Å². The molecule has 1 saturated heterocycles. The number of nitrogens with one attached hydrogen (secondary N) is 1. The fourth-order valence-electron chi connectivity index (χ4n) is 4.34. The van der Waals surface area contributed by atoms with E-state index in [9.17, 15) is 9.59 Å². The Morgan fingerprint density at radius 1 is 0.973 bits per heavy atom. The molecule has 0 radical (unpaired) electrons. The predicted molar refractivity (Wildman–Crippen MR) is 149 cm³/mol. The molecule has 0 bridgehead atoms. The van der Waals surface area contributed by atoms with Gasteiger partial charge in [0.15, 0.2) is 5.11 Å². The number of benzene rings is 3. The number of nitrogens with zero attached hydrogens (tertiary/aromatic N) is 2. The molecule has 1 aliphatic rings. The van der Waals surface area contributed by atoms with Crippen molar-refractivity contribution in [1.29, 1.82) is 0 Å². The van der Waals surface area contributed by atoms with E-state index in [1.807, 2.05) is 30.0 Å². The predicted octanol–water partition coefficient (Wildman–Crippen LogP) is 5.06. The third-order valence-corrected chi connectivity index (χ3v) is 6.60. The highest BCUT2D eigenvalue weighted by atomic mass is 32.1. The average molecular weight is 518 g/mol. The number of aryl methyl sites for hydroxylation is 1. The molecule has 2 amide bonds. The number of carbonyl (C=O) groups is 2. The van der Waals surface area contributed by atoms with E-state index in [1.54, 1.807) is 55.6 Å². The first-order valence-electron chi connectivity index (χ1n) is 12.4. The molecule has 7 nitrogen and oxygen atoms in total. The van der Waals surface area contributed by atoms with Crippen molar-refractivity contribution in [2.75, 3.05) is 30.5 Å². The minimum Gasteiger partial charge on any atom is -0.497 e. The number of anilines is 2. The first-order valence-corrected chi connectivity index (χ1v) is 12.8. The average Bonchev–Trinajstić information content (AvgIpc) is 3.14. The van der Waals surface area contributed by atoms with Gasteiger partial charge in [-0.3, -0.25) is 14.5 Å². The standard InChI is InChI=1S/C29H31N3O4S/c1-3-36-25-15-11-22(12-16-25)30-27(33)20-26-28(34)32(23-13-17-24(35-2)18-14-23)29(37)31(26)19-7-10-21-8-5-4-6-9-21/h4-6,8-9,11-18,26H,3,7,10,19-20H2,1-2H3,(H,30,33). The number of thiocarbonyl (C=S) groups is 1. The van der Waals surface area contributed by atoms with Gasteiger partial charge >= 0.3 is 0 Å². The van der Waals surface area contributed by atoms with Crippen LogP contribution in [0.2, 0.25) is 0 Å². The molecule has 1 fully saturated rings. The topological polar surface area (TPSA) is 71.1 Å². The van der Waals surface area contributed by atoms with Crippen LogP contribution in [0.4, 0.5) is 11.4 Å². The first-order chi connectivity index (χ1) is 18.0. The fraction of sp³-hybridized carbons (Fsp3) is 0.276. The molecule has 8 heteroatoms. The molecule has 3 aromatic carbocycles. The largest absolute Gasteiger partial charge is 0.497 e. The van der Waals surface area contributed by atoms with Gasteiger partial charge in [0.05, 0.1) is 25.8 Å². The smallest absolute Gasteiger partial charge is 0.256 e. The molecule has 1 N–H and O–H groups in total. The maximum Gasteiger partial charge on any atom is 0.256 e. The van der Waals surface area contributed by atoms with Crippen molar-refractivity contribution in [2.45, 2.75) is 32.2 Å². The van der Waals surface area contributed by atoms with E-state index in [0.717, 1.165) is 18.6 Å². The molecule has 1 unspecified atom stereocenters. The van der Waals surface area contributed by atoms with Gasteiger partial charge in [0.2, 0.25) is 5.91 Å². The SMILES string of the molecule is CCOc1ccc(NC(=O)CC2C(=O)N(c3ccc(OC)cc3)C(=S)N2CCCc2ccccc2)cc1. The molecule has 1 heterocycles. The third kappa shape index (κ3) is 6.46. The van der Waals surface area contributed by atoms with E-state index in [1.165, 1.54) is 10.5 Å². The van der Waals surface area contributed by atoms with Crippen LogP contribution in [0.3, 0.4) is 0 Å². The summed E-state index contributed by atoms with van der Waals surface area (Å²) in [6, 6.07) is 23.8. The van der Waals surface area contributed by atoms with Crippen LogP contribution >= 0.6 is 12.2 Å². The van der Waals surface area contributed by atoms with Crippen LogP contribution < -0.4 is 19.7 Å². The Labute approximate surface area is 223 Å². The summed E-state index contributed by atoms with van der Waals surface area (Å²) in [7, 11) is 1.59. The lowest BCUT2D eigenvalue weighted by atomic mass is 10.1. The Hall–Kier alpha value is -3.91. The van der Waals surface area contributed by atoms with Gasteiger partial charge in [-0.05, 0) is 86.1 Å². The normalized spacial score (nSPS) is 15.1. The summed E-state index contributed by atoms with van der Waals surface area (Å²) in [5.41, 5.74) is 2.51.